The molecule has 1 N–H and O–H groups in total. The van der Waals surface area contributed by atoms with Gasteiger partial charge < -0.3 is 19.9 Å². The second-order valence-corrected chi connectivity index (χ2v) is 6.99. The van der Waals surface area contributed by atoms with Crippen LogP contribution in [0.4, 0.5) is 17.1 Å². The first-order valence-electron chi connectivity index (χ1n) is 9.84. The van der Waals surface area contributed by atoms with Gasteiger partial charge in [0.05, 0.1) is 24.0 Å². The molecule has 0 atom stereocenters. The number of anilines is 3. The van der Waals surface area contributed by atoms with E-state index in [2.05, 4.69) is 16.3 Å². The van der Waals surface area contributed by atoms with Gasteiger partial charge in [-0.1, -0.05) is 42.5 Å². The second kappa shape index (κ2) is 8.69. The van der Waals surface area contributed by atoms with Crippen molar-refractivity contribution in [3.05, 3.63) is 84.4 Å². The van der Waals surface area contributed by atoms with E-state index in [4.69, 9.17) is 4.74 Å². The van der Waals surface area contributed by atoms with Gasteiger partial charge in [0.2, 0.25) is 0 Å². The summed E-state index contributed by atoms with van der Waals surface area (Å²) in [4.78, 5) is 17.4. The number of hydrogen-bond acceptors (Lipinski definition) is 4. The average Bonchev–Trinajstić information content (AvgIpc) is 2.80. The summed E-state index contributed by atoms with van der Waals surface area (Å²) in [7, 11) is 1.69. The van der Waals surface area contributed by atoms with Crippen molar-refractivity contribution >= 4 is 23.0 Å². The summed E-state index contributed by atoms with van der Waals surface area (Å²) in [5.74, 6) is 0.924. The summed E-state index contributed by atoms with van der Waals surface area (Å²) >= 11 is 0. The Balaban J connectivity index is 1.46. The van der Waals surface area contributed by atoms with Crippen LogP contribution < -0.4 is 15.0 Å². The van der Waals surface area contributed by atoms with Gasteiger partial charge in [-0.05, 0) is 36.4 Å². The Morgan fingerprint density at radius 3 is 2.24 bits per heavy atom. The summed E-state index contributed by atoms with van der Waals surface area (Å²) in [6.07, 6.45) is 0. The molecule has 1 fully saturated rings. The molecule has 0 bridgehead atoms. The molecule has 3 aromatic carbocycles. The largest absolute Gasteiger partial charge is 0.495 e. The van der Waals surface area contributed by atoms with E-state index in [-0.39, 0.29) is 5.91 Å². The third-order valence-electron chi connectivity index (χ3n) is 5.20. The summed E-state index contributed by atoms with van der Waals surface area (Å²) in [6.45, 7) is 2.91. The van der Waals surface area contributed by atoms with Crippen LogP contribution in [0.15, 0.2) is 78.9 Å². The van der Waals surface area contributed by atoms with Crippen LogP contribution in [0.2, 0.25) is 0 Å². The number of para-hydroxylation sites is 4. The van der Waals surface area contributed by atoms with E-state index < -0.39 is 0 Å². The molecule has 4 rings (SSSR count). The molecule has 1 aliphatic heterocycles. The van der Waals surface area contributed by atoms with Crippen LogP contribution in [-0.2, 0) is 0 Å². The van der Waals surface area contributed by atoms with E-state index in [0.717, 1.165) is 35.9 Å². The highest BCUT2D eigenvalue weighted by Gasteiger charge is 2.25. The highest BCUT2D eigenvalue weighted by atomic mass is 16.5. The van der Waals surface area contributed by atoms with Crippen molar-refractivity contribution in [1.82, 2.24) is 4.90 Å². The lowest BCUT2D eigenvalue weighted by atomic mass is 10.1. The zero-order valence-electron chi connectivity index (χ0n) is 16.5. The molecule has 0 unspecified atom stereocenters. The van der Waals surface area contributed by atoms with E-state index in [1.807, 2.05) is 77.7 Å². The van der Waals surface area contributed by atoms with Gasteiger partial charge in [0.1, 0.15) is 5.75 Å². The predicted molar refractivity (Wildman–Crippen MR) is 117 cm³/mol. The summed E-state index contributed by atoms with van der Waals surface area (Å²) in [6, 6.07) is 25.6. The van der Waals surface area contributed by atoms with Crippen LogP contribution in [0.3, 0.4) is 0 Å². The number of carbonyl (C=O) groups excluding carboxylic acids is 1. The number of nitrogens with one attached hydrogen (secondary N) is 1. The van der Waals surface area contributed by atoms with Crippen LogP contribution in [0, 0.1) is 0 Å². The molecular formula is C24H25N3O2. The van der Waals surface area contributed by atoms with E-state index in [1.54, 1.807) is 7.11 Å². The second-order valence-electron chi connectivity index (χ2n) is 6.99. The number of benzene rings is 3. The van der Waals surface area contributed by atoms with Crippen molar-refractivity contribution in [1.29, 1.82) is 0 Å². The predicted octanol–water partition coefficient (Wildman–Crippen LogP) is 4.40. The highest BCUT2D eigenvalue weighted by Crippen LogP contribution is 2.29. The maximum atomic E-state index is 13.2. The van der Waals surface area contributed by atoms with Gasteiger partial charge in [-0.2, -0.15) is 0 Å². The summed E-state index contributed by atoms with van der Waals surface area (Å²) < 4.78 is 5.48. The minimum atomic E-state index is 0.0590. The first-order chi connectivity index (χ1) is 14.3. The molecule has 5 heteroatoms. The van der Waals surface area contributed by atoms with Gasteiger partial charge in [-0.15, -0.1) is 0 Å². The maximum Gasteiger partial charge on any atom is 0.256 e. The Labute approximate surface area is 171 Å². The van der Waals surface area contributed by atoms with Crippen LogP contribution in [0.1, 0.15) is 10.4 Å². The molecule has 1 aliphatic rings. The third-order valence-corrected chi connectivity index (χ3v) is 5.20. The van der Waals surface area contributed by atoms with Gasteiger partial charge in [0, 0.05) is 31.9 Å². The fraction of sp³-hybridized carbons (Fsp3) is 0.208. The minimum Gasteiger partial charge on any atom is -0.495 e. The van der Waals surface area contributed by atoms with E-state index in [9.17, 15) is 4.79 Å². The topological polar surface area (TPSA) is 44.8 Å². The molecule has 1 amide bonds. The molecule has 0 radical (unpaired) electrons. The average molecular weight is 387 g/mol. The molecule has 5 nitrogen and oxygen atoms in total. The molecule has 1 heterocycles. The zero-order valence-corrected chi connectivity index (χ0v) is 16.5. The standard InChI is InChI=1S/C24H25N3O2/c1-29-23-14-8-7-13-22(23)26-15-17-27(18-16-26)24(28)20-11-5-6-12-21(20)25-19-9-3-2-4-10-19/h2-14,25H,15-18H2,1H3. The van der Waals surface area contributed by atoms with Crippen LogP contribution >= 0.6 is 0 Å². The van der Waals surface area contributed by atoms with Crippen molar-refractivity contribution in [3.63, 3.8) is 0 Å². The van der Waals surface area contributed by atoms with Crippen molar-refractivity contribution in [2.45, 2.75) is 0 Å². The number of ether oxygens (including phenoxy) is 1. The fourth-order valence-corrected chi connectivity index (χ4v) is 3.67. The Hall–Kier alpha value is -3.47. The van der Waals surface area contributed by atoms with Gasteiger partial charge in [-0.25, -0.2) is 0 Å². The molecule has 3 aromatic rings. The van der Waals surface area contributed by atoms with Crippen molar-refractivity contribution in [3.8, 4) is 5.75 Å². The molecule has 0 saturated carbocycles. The van der Waals surface area contributed by atoms with Crippen molar-refractivity contribution in [2.24, 2.45) is 0 Å². The molecule has 148 valence electrons. The number of amides is 1. The summed E-state index contributed by atoms with van der Waals surface area (Å²) in [5, 5.41) is 3.37. The lowest BCUT2D eigenvalue weighted by Crippen LogP contribution is -2.49. The number of nitrogens with zero attached hydrogens (tertiary/aromatic N) is 2. The number of piperazine rings is 1. The number of hydrogen-bond donors (Lipinski definition) is 1. The monoisotopic (exact) mass is 387 g/mol. The third kappa shape index (κ3) is 4.19. The van der Waals surface area contributed by atoms with Gasteiger partial charge >= 0.3 is 0 Å². The highest BCUT2D eigenvalue weighted by molar-refractivity contribution is 6.00. The Kier molecular flexibility index (Phi) is 5.66. The van der Waals surface area contributed by atoms with Gasteiger partial charge in [0.25, 0.3) is 5.91 Å². The first kappa shape index (κ1) is 18.9. The molecule has 0 aliphatic carbocycles. The molecule has 0 spiro atoms. The maximum absolute atomic E-state index is 13.2. The Morgan fingerprint density at radius 2 is 1.48 bits per heavy atom. The normalized spacial score (nSPS) is 13.8. The van der Waals surface area contributed by atoms with Crippen molar-refractivity contribution in [2.75, 3.05) is 43.5 Å². The molecule has 1 saturated heterocycles. The lowest BCUT2D eigenvalue weighted by molar-refractivity contribution is 0.0747. The van der Waals surface area contributed by atoms with Crippen LogP contribution in [0.25, 0.3) is 0 Å². The minimum absolute atomic E-state index is 0.0590. The quantitative estimate of drug-likeness (QED) is 0.705. The molecular weight excluding hydrogens is 362 g/mol. The Bertz CT molecular complexity index is 967. The number of methoxy groups -OCH3 is 1. The zero-order chi connectivity index (χ0) is 20.1. The molecule has 0 aromatic heterocycles. The van der Waals surface area contributed by atoms with E-state index in [0.29, 0.717) is 18.7 Å². The fourth-order valence-electron chi connectivity index (χ4n) is 3.67. The van der Waals surface area contributed by atoms with Crippen LogP contribution in [0.5, 0.6) is 5.75 Å². The smallest absolute Gasteiger partial charge is 0.256 e. The van der Waals surface area contributed by atoms with E-state index in [1.165, 1.54) is 0 Å². The Morgan fingerprint density at radius 1 is 0.828 bits per heavy atom. The number of rotatable bonds is 5. The lowest BCUT2D eigenvalue weighted by Gasteiger charge is -2.36. The first-order valence-corrected chi connectivity index (χ1v) is 9.84. The van der Waals surface area contributed by atoms with Gasteiger partial charge in [-0.3, -0.25) is 4.79 Å². The molecule has 29 heavy (non-hydrogen) atoms. The van der Waals surface area contributed by atoms with Gasteiger partial charge in [0.15, 0.2) is 0 Å². The summed E-state index contributed by atoms with van der Waals surface area (Å²) in [5.41, 5.74) is 3.57. The van der Waals surface area contributed by atoms with Crippen molar-refractivity contribution < 1.29 is 9.53 Å². The SMILES string of the molecule is COc1ccccc1N1CCN(C(=O)c2ccccc2Nc2ccccc2)CC1. The van der Waals surface area contributed by atoms with Crippen LogP contribution in [-0.4, -0.2) is 44.1 Å². The number of carbonyl (C=O) groups is 1. The van der Waals surface area contributed by atoms with E-state index >= 15 is 0 Å².